The van der Waals surface area contributed by atoms with Crippen LogP contribution >= 0.6 is 12.4 Å². The molecule has 0 atom stereocenters. The minimum atomic E-state index is -0.370. The molecule has 0 fully saturated rings. The van der Waals surface area contributed by atoms with Crippen LogP contribution in [0.5, 0.6) is 0 Å². The average Bonchev–Trinajstić information content (AvgIpc) is 0.811. The SMILES string of the molecule is Cl.O=[N+]([O-])[SnH]. The second-order valence-electron chi connectivity index (χ2n) is 0.285. The van der Waals surface area contributed by atoms with Crippen molar-refractivity contribution < 1.29 is 3.15 Å². The van der Waals surface area contributed by atoms with Crippen LogP contribution in [0.15, 0.2) is 0 Å². The molecule has 0 N–H and O–H groups in total. The van der Waals surface area contributed by atoms with E-state index in [2.05, 4.69) is 0 Å². The van der Waals surface area contributed by atoms with Gasteiger partial charge in [0.25, 0.3) is 0 Å². The molecule has 0 rings (SSSR count). The molecule has 0 aromatic rings. The van der Waals surface area contributed by atoms with Crippen LogP contribution in [0.1, 0.15) is 0 Å². The van der Waals surface area contributed by atoms with Gasteiger partial charge >= 0.3 is 36.1 Å². The molecule has 0 saturated carbocycles. The van der Waals surface area contributed by atoms with Gasteiger partial charge in [-0.1, -0.05) is 0 Å². The van der Waals surface area contributed by atoms with E-state index in [1.54, 1.807) is 0 Å². The predicted molar refractivity (Wildman–Crippen MR) is 21.4 cm³/mol. The molecule has 0 aliphatic rings. The van der Waals surface area contributed by atoms with Crippen molar-refractivity contribution >= 4 is 35.2 Å². The van der Waals surface area contributed by atoms with E-state index in [0.717, 1.165) is 0 Å². The summed E-state index contributed by atoms with van der Waals surface area (Å²) in [6.45, 7) is 0. The zero-order chi connectivity index (χ0) is 3.58. The first kappa shape index (κ1) is 9.09. The summed E-state index contributed by atoms with van der Waals surface area (Å²) in [5, 5.41) is 8.86. The molecule has 0 bridgehead atoms. The Morgan fingerprint density at radius 1 is 1.80 bits per heavy atom. The van der Waals surface area contributed by atoms with Crippen LogP contribution in [0.4, 0.5) is 0 Å². The Morgan fingerprint density at radius 3 is 1.80 bits per heavy atom. The maximum atomic E-state index is 8.86. The van der Waals surface area contributed by atoms with E-state index in [-0.39, 0.29) is 38.4 Å². The summed E-state index contributed by atoms with van der Waals surface area (Å²) >= 11 is 0.123. The fourth-order valence-corrected chi connectivity index (χ4v) is 0. The van der Waals surface area contributed by atoms with E-state index >= 15 is 0 Å². The van der Waals surface area contributed by atoms with E-state index in [4.69, 9.17) is 10.1 Å². The Hall–Kier alpha value is 0.489. The molecule has 0 unspecified atom stereocenters. The van der Waals surface area contributed by atoms with Gasteiger partial charge < -0.3 is 0 Å². The standard InChI is InChI=1S/ClH.NO2.Sn.H/c;2-1-3;;/h1H;;;. The van der Waals surface area contributed by atoms with Gasteiger partial charge in [0, 0.05) is 0 Å². The topological polar surface area (TPSA) is 43.1 Å². The third-order valence-electron chi connectivity index (χ3n) is 0. The summed E-state index contributed by atoms with van der Waals surface area (Å²) in [5.41, 5.74) is 0. The molecule has 5 heteroatoms. The summed E-state index contributed by atoms with van der Waals surface area (Å²) < 4.78 is -0.370. The molecule has 0 amide bonds. The van der Waals surface area contributed by atoms with E-state index in [1.807, 2.05) is 0 Å². The number of hydrogen-bond acceptors (Lipinski definition) is 2. The number of rotatable bonds is 0. The van der Waals surface area contributed by atoms with Crippen molar-refractivity contribution in [2.75, 3.05) is 0 Å². The first-order valence-corrected chi connectivity index (χ1v) is 2.10. The predicted octanol–water partition coefficient (Wildman–Crippen LogP) is -0.499. The second kappa shape index (κ2) is 4.49. The summed E-state index contributed by atoms with van der Waals surface area (Å²) in [6, 6.07) is 0. The van der Waals surface area contributed by atoms with Crippen LogP contribution in [0.3, 0.4) is 0 Å². The van der Waals surface area contributed by atoms with Crippen LogP contribution in [0, 0.1) is 10.1 Å². The quantitative estimate of drug-likeness (QED) is 0.302. The van der Waals surface area contributed by atoms with Crippen molar-refractivity contribution in [3.63, 3.8) is 0 Å². The second-order valence-corrected chi connectivity index (χ2v) is 1.49. The Bertz CT molecular complexity index is 32.6. The molecule has 0 aromatic heterocycles. The van der Waals surface area contributed by atoms with Crippen LogP contribution < -0.4 is 0 Å². The van der Waals surface area contributed by atoms with Crippen LogP contribution in [-0.4, -0.2) is 25.9 Å². The van der Waals surface area contributed by atoms with Crippen molar-refractivity contribution in [2.45, 2.75) is 0 Å². The molecule has 0 spiro atoms. The van der Waals surface area contributed by atoms with Crippen molar-refractivity contribution in [3.8, 4) is 0 Å². The van der Waals surface area contributed by atoms with E-state index in [1.165, 1.54) is 0 Å². The molecule has 2 radical (unpaired) electrons. The van der Waals surface area contributed by atoms with Gasteiger partial charge in [0.1, 0.15) is 0 Å². The molecule has 0 saturated heterocycles. The molecule has 0 aliphatic heterocycles. The van der Waals surface area contributed by atoms with Crippen molar-refractivity contribution in [1.82, 2.24) is 0 Å². The maximum absolute atomic E-state index is 8.86. The van der Waals surface area contributed by atoms with Gasteiger partial charge in [-0.25, -0.2) is 0 Å². The molecule has 0 heterocycles. The zero-order valence-electron chi connectivity index (χ0n) is 2.25. The monoisotopic (exact) mass is 203 g/mol. The average molecular weight is 202 g/mol. The van der Waals surface area contributed by atoms with E-state index in [9.17, 15) is 0 Å². The van der Waals surface area contributed by atoms with E-state index in [0.29, 0.717) is 0 Å². The molecule has 0 aromatic carbocycles. The number of halogens is 1. The summed E-state index contributed by atoms with van der Waals surface area (Å²) in [5.74, 6) is 0. The van der Waals surface area contributed by atoms with Gasteiger partial charge in [-0.3, -0.25) is 0 Å². The summed E-state index contributed by atoms with van der Waals surface area (Å²) in [7, 11) is 0. The number of nitro groups is 1. The van der Waals surface area contributed by atoms with Crippen LogP contribution in [0.2, 0.25) is 0 Å². The van der Waals surface area contributed by atoms with Gasteiger partial charge in [0.15, 0.2) is 0 Å². The fourth-order valence-electron chi connectivity index (χ4n) is 0. The van der Waals surface area contributed by atoms with Crippen LogP contribution in [-0.2, 0) is 0 Å². The Morgan fingerprint density at radius 2 is 1.80 bits per heavy atom. The van der Waals surface area contributed by atoms with Crippen molar-refractivity contribution in [2.24, 2.45) is 0 Å². The molecule has 5 heavy (non-hydrogen) atoms. The van der Waals surface area contributed by atoms with Crippen LogP contribution in [0.25, 0.3) is 0 Å². The summed E-state index contributed by atoms with van der Waals surface area (Å²) in [6.07, 6.45) is 0. The van der Waals surface area contributed by atoms with Gasteiger partial charge in [0.05, 0.1) is 0 Å². The van der Waals surface area contributed by atoms with Gasteiger partial charge in [-0.15, -0.1) is 12.4 Å². The third kappa shape index (κ3) is 116. The molecular formula is H2ClNO2Sn. The first-order chi connectivity index (χ1) is 1.73. The molecule has 0 aliphatic carbocycles. The van der Waals surface area contributed by atoms with Gasteiger partial charge in [-0.05, 0) is 0 Å². The van der Waals surface area contributed by atoms with E-state index < -0.39 is 0 Å². The molecular weight excluding hydrogens is 200 g/mol. The van der Waals surface area contributed by atoms with Crippen molar-refractivity contribution in [3.05, 3.63) is 10.1 Å². The zero-order valence-corrected chi connectivity index (χ0v) is 6.36. The van der Waals surface area contributed by atoms with Crippen molar-refractivity contribution in [1.29, 1.82) is 0 Å². The normalized spacial score (nSPS) is 5.00. The molecule has 30 valence electrons. The first-order valence-electron chi connectivity index (χ1n) is 0.623. The minimum absolute atomic E-state index is 0. The molecule has 3 nitrogen and oxygen atoms in total. The third-order valence-corrected chi connectivity index (χ3v) is 0. The Kier molecular flexibility index (Phi) is 8.16. The Balaban J connectivity index is 0. The number of nitrogens with zero attached hydrogens (tertiary/aromatic N) is 1. The fraction of sp³-hybridized carbons (Fsp3) is 0. The Labute approximate surface area is 48.7 Å². The van der Waals surface area contributed by atoms with Gasteiger partial charge in [-0.2, -0.15) is 0 Å². The number of hydrogen-bond donors (Lipinski definition) is 0. The summed E-state index contributed by atoms with van der Waals surface area (Å²) in [4.78, 5) is 8.86. The van der Waals surface area contributed by atoms with Gasteiger partial charge in [0.2, 0.25) is 0 Å².